The van der Waals surface area contributed by atoms with Crippen molar-refractivity contribution in [3.63, 3.8) is 0 Å². The lowest BCUT2D eigenvalue weighted by Crippen LogP contribution is -2.41. The second-order valence-electron chi connectivity index (χ2n) is 12.2. The molecule has 2 amide bonds. The molecule has 0 spiro atoms. The standard InChI is InChI=1S/C43H42N2O12/c1-28(44-42(50)54-26-32-11-7-5-8-12-32)40(48)56-36-21-17-30(23-38(36)52-3)15-19-34(46)25-35(47)20-16-31-18-22-37(39(24-31)53-4)57-41(49)29(2)45-43(51)55-27-33-13-9-6-10-14-33/h5-25,28-29,46H,26-27H2,1-4H3,(H,44,50)(H,45,51)/b19-15+,20-16+,34-25?/t28-,29-/m1/s1. The minimum Gasteiger partial charge on any atom is -0.508 e. The Balaban J connectivity index is 1.26. The summed E-state index contributed by atoms with van der Waals surface area (Å²) in [5.41, 5.74) is 2.66. The Kier molecular flexibility index (Phi) is 16.0. The zero-order chi connectivity index (χ0) is 41.2. The van der Waals surface area contributed by atoms with Crippen LogP contribution in [0.25, 0.3) is 12.2 Å². The number of rotatable bonds is 17. The first-order valence-electron chi connectivity index (χ1n) is 17.5. The number of carbonyl (C=O) groups is 5. The van der Waals surface area contributed by atoms with E-state index in [4.69, 9.17) is 28.4 Å². The number of nitrogens with one attached hydrogen (secondary N) is 2. The van der Waals surface area contributed by atoms with Crippen molar-refractivity contribution in [1.29, 1.82) is 0 Å². The maximum atomic E-state index is 12.6. The number of aliphatic hydroxyl groups is 1. The van der Waals surface area contributed by atoms with Crippen molar-refractivity contribution < 1.29 is 57.5 Å². The fourth-order valence-corrected chi connectivity index (χ4v) is 4.74. The van der Waals surface area contributed by atoms with E-state index in [1.54, 1.807) is 42.5 Å². The van der Waals surface area contributed by atoms with Gasteiger partial charge in [0.1, 0.15) is 31.1 Å². The molecule has 296 valence electrons. The van der Waals surface area contributed by atoms with Gasteiger partial charge in [-0.25, -0.2) is 19.2 Å². The molecule has 0 saturated heterocycles. The Morgan fingerprint density at radius 1 is 0.596 bits per heavy atom. The molecule has 0 aliphatic carbocycles. The zero-order valence-corrected chi connectivity index (χ0v) is 31.6. The molecule has 3 N–H and O–H groups in total. The summed E-state index contributed by atoms with van der Waals surface area (Å²) in [6.45, 7) is 2.97. The van der Waals surface area contributed by atoms with Crippen molar-refractivity contribution in [3.05, 3.63) is 143 Å². The summed E-state index contributed by atoms with van der Waals surface area (Å²) in [5.74, 6) is -1.80. The molecule has 0 aliphatic rings. The molecular formula is C43H42N2O12. The topological polar surface area (TPSA) is 185 Å². The number of alkyl carbamates (subject to hydrolysis) is 2. The number of ether oxygens (including phenoxy) is 6. The third-order valence-corrected chi connectivity index (χ3v) is 7.77. The minimum atomic E-state index is -1.03. The Morgan fingerprint density at radius 2 is 1.02 bits per heavy atom. The fraction of sp³-hybridized carbons (Fsp3) is 0.186. The first-order valence-corrected chi connectivity index (χ1v) is 17.5. The first kappa shape index (κ1) is 42.4. The predicted octanol–water partition coefficient (Wildman–Crippen LogP) is 6.88. The van der Waals surface area contributed by atoms with E-state index in [0.717, 1.165) is 17.2 Å². The maximum Gasteiger partial charge on any atom is 0.408 e. The Hall–Kier alpha value is -7.35. The van der Waals surface area contributed by atoms with E-state index in [0.29, 0.717) is 11.1 Å². The second-order valence-corrected chi connectivity index (χ2v) is 12.2. The molecule has 0 unspecified atom stereocenters. The number of benzene rings is 4. The van der Waals surface area contributed by atoms with Crippen LogP contribution in [0.4, 0.5) is 9.59 Å². The zero-order valence-electron chi connectivity index (χ0n) is 31.6. The summed E-state index contributed by atoms with van der Waals surface area (Å²) in [5, 5.41) is 15.2. The normalized spacial score (nSPS) is 12.2. The van der Waals surface area contributed by atoms with E-state index in [1.807, 2.05) is 36.4 Å². The van der Waals surface area contributed by atoms with Crippen LogP contribution in [0.5, 0.6) is 23.0 Å². The number of hydrogen-bond acceptors (Lipinski definition) is 12. The van der Waals surface area contributed by atoms with Crippen LogP contribution < -0.4 is 29.6 Å². The largest absolute Gasteiger partial charge is 0.508 e. The second kappa shape index (κ2) is 21.5. The van der Waals surface area contributed by atoms with Gasteiger partial charge in [-0.3, -0.25) is 4.79 Å². The van der Waals surface area contributed by atoms with E-state index in [1.165, 1.54) is 70.6 Å². The van der Waals surface area contributed by atoms with Gasteiger partial charge in [0.2, 0.25) is 0 Å². The van der Waals surface area contributed by atoms with Gasteiger partial charge in [0.15, 0.2) is 28.8 Å². The SMILES string of the molecule is COc1cc(/C=C/C(=O)C=C(O)/C=C/c2ccc(OC(=O)[C@@H](C)NC(=O)OCc3ccccc3)c(OC)c2)ccc1OC(=O)[C@@H](C)NC(=O)OCc1ccccc1. The summed E-state index contributed by atoms with van der Waals surface area (Å²) in [6.07, 6.45) is 4.95. The van der Waals surface area contributed by atoms with Gasteiger partial charge in [-0.2, -0.15) is 0 Å². The summed E-state index contributed by atoms with van der Waals surface area (Å²) in [4.78, 5) is 62.1. The molecule has 0 saturated carbocycles. The van der Waals surface area contributed by atoms with Crippen LogP contribution in [0.15, 0.2) is 121 Å². The van der Waals surface area contributed by atoms with Crippen LogP contribution in [-0.4, -0.2) is 61.3 Å². The van der Waals surface area contributed by atoms with Crippen LogP contribution in [0.3, 0.4) is 0 Å². The van der Waals surface area contributed by atoms with Crippen molar-refractivity contribution in [2.24, 2.45) is 0 Å². The van der Waals surface area contributed by atoms with Crippen LogP contribution in [0, 0.1) is 0 Å². The molecule has 0 aromatic heterocycles. The van der Waals surface area contributed by atoms with Crippen molar-refractivity contribution >= 4 is 42.1 Å². The molecule has 14 nitrogen and oxygen atoms in total. The van der Waals surface area contributed by atoms with Crippen molar-refractivity contribution in [2.45, 2.75) is 39.1 Å². The molecule has 0 aliphatic heterocycles. The highest BCUT2D eigenvalue weighted by Gasteiger charge is 2.22. The lowest BCUT2D eigenvalue weighted by molar-refractivity contribution is -0.137. The van der Waals surface area contributed by atoms with Crippen LogP contribution >= 0.6 is 0 Å². The molecule has 14 heteroatoms. The molecular weight excluding hydrogens is 736 g/mol. The van der Waals surface area contributed by atoms with E-state index < -0.39 is 42.0 Å². The molecule has 57 heavy (non-hydrogen) atoms. The number of allylic oxidation sites excluding steroid dienone is 3. The molecule has 0 heterocycles. The third kappa shape index (κ3) is 14.1. The third-order valence-electron chi connectivity index (χ3n) is 7.77. The number of amides is 2. The highest BCUT2D eigenvalue weighted by molar-refractivity contribution is 6.02. The number of ketones is 1. The number of hydrogen-bond donors (Lipinski definition) is 3. The van der Waals surface area contributed by atoms with Crippen molar-refractivity contribution in [3.8, 4) is 23.0 Å². The van der Waals surface area contributed by atoms with Crippen LogP contribution in [0.2, 0.25) is 0 Å². The predicted molar refractivity (Wildman–Crippen MR) is 209 cm³/mol. The average Bonchev–Trinajstić information content (AvgIpc) is 3.21. The van der Waals surface area contributed by atoms with Gasteiger partial charge >= 0.3 is 24.1 Å². The van der Waals surface area contributed by atoms with Gasteiger partial charge in [-0.1, -0.05) is 84.9 Å². The highest BCUT2D eigenvalue weighted by atomic mass is 16.6. The van der Waals surface area contributed by atoms with Gasteiger partial charge < -0.3 is 44.2 Å². The quantitative estimate of drug-likeness (QED) is 0.0332. The van der Waals surface area contributed by atoms with Gasteiger partial charge in [0.05, 0.1) is 14.2 Å². The number of aliphatic hydroxyl groups excluding tert-OH is 1. The van der Waals surface area contributed by atoms with E-state index in [2.05, 4.69) is 10.6 Å². The molecule has 4 rings (SSSR count). The van der Waals surface area contributed by atoms with Crippen LogP contribution in [0.1, 0.15) is 36.1 Å². The van der Waals surface area contributed by atoms with Crippen molar-refractivity contribution in [1.82, 2.24) is 10.6 Å². The maximum absolute atomic E-state index is 12.6. The minimum absolute atomic E-state index is 0.0381. The van der Waals surface area contributed by atoms with Gasteiger partial charge in [0, 0.05) is 6.08 Å². The van der Waals surface area contributed by atoms with E-state index in [9.17, 15) is 29.1 Å². The highest BCUT2D eigenvalue weighted by Crippen LogP contribution is 2.30. The lowest BCUT2D eigenvalue weighted by atomic mass is 10.1. The summed E-state index contributed by atoms with van der Waals surface area (Å²) in [7, 11) is 2.76. The number of methoxy groups -OCH3 is 2. The average molecular weight is 779 g/mol. The monoisotopic (exact) mass is 778 g/mol. The van der Waals surface area contributed by atoms with Gasteiger partial charge in [-0.05, 0) is 72.5 Å². The van der Waals surface area contributed by atoms with E-state index in [-0.39, 0.29) is 42.0 Å². The smallest absolute Gasteiger partial charge is 0.408 e. The summed E-state index contributed by atoms with van der Waals surface area (Å²) >= 11 is 0. The molecule has 2 atom stereocenters. The summed E-state index contributed by atoms with van der Waals surface area (Å²) < 4.78 is 31.8. The van der Waals surface area contributed by atoms with E-state index >= 15 is 0 Å². The molecule has 0 bridgehead atoms. The number of esters is 2. The molecule has 4 aromatic carbocycles. The Morgan fingerprint density at radius 3 is 1.44 bits per heavy atom. The van der Waals surface area contributed by atoms with Crippen LogP contribution in [-0.2, 0) is 37.1 Å². The van der Waals surface area contributed by atoms with Gasteiger partial charge in [0.25, 0.3) is 0 Å². The number of carbonyl (C=O) groups excluding carboxylic acids is 5. The van der Waals surface area contributed by atoms with Crippen molar-refractivity contribution in [2.75, 3.05) is 14.2 Å². The lowest BCUT2D eigenvalue weighted by Gasteiger charge is -2.15. The molecule has 0 radical (unpaired) electrons. The Labute approximate surface area is 329 Å². The van der Waals surface area contributed by atoms with Gasteiger partial charge in [-0.15, -0.1) is 0 Å². The first-order chi connectivity index (χ1) is 27.4. The molecule has 0 fully saturated rings. The Bertz CT molecular complexity index is 2110. The summed E-state index contributed by atoms with van der Waals surface area (Å²) in [6, 6.07) is 25.3. The molecule has 4 aromatic rings. The fourth-order valence-electron chi connectivity index (χ4n) is 4.74.